The predicted octanol–water partition coefficient (Wildman–Crippen LogP) is 2.34. The Morgan fingerprint density at radius 3 is 1.55 bits per heavy atom. The number of ether oxygens (including phenoxy) is 5. The van der Waals surface area contributed by atoms with Gasteiger partial charge in [0.2, 0.25) is 0 Å². The van der Waals surface area contributed by atoms with Crippen LogP contribution in [-0.4, -0.2) is 124 Å². The van der Waals surface area contributed by atoms with E-state index in [1.807, 2.05) is 6.92 Å². The van der Waals surface area contributed by atoms with E-state index in [9.17, 15) is 9.59 Å². The summed E-state index contributed by atoms with van der Waals surface area (Å²) in [6.45, 7) is 12.5. The first kappa shape index (κ1) is 40.6. The Balaban J connectivity index is 0. The largest absolute Gasteiger partial charge is 0.544 e. The van der Waals surface area contributed by atoms with Crippen molar-refractivity contribution in [2.45, 2.75) is 38.5 Å². The third kappa shape index (κ3) is 17.3. The van der Waals surface area contributed by atoms with Crippen LogP contribution in [0.25, 0.3) is 0 Å². The minimum absolute atomic E-state index is 0.254. The number of hydrogen-bond acceptors (Lipinski definition) is 13. The van der Waals surface area contributed by atoms with Gasteiger partial charge >= 0.3 is 29.5 Å². The van der Waals surface area contributed by atoms with E-state index >= 15 is 0 Å². The van der Waals surface area contributed by atoms with Gasteiger partial charge in [-0.05, 0) is 19.8 Å². The summed E-state index contributed by atoms with van der Waals surface area (Å²) in [5.74, 6) is -0.931. The molecule has 13 nitrogen and oxygen atoms in total. The van der Waals surface area contributed by atoms with E-state index < -0.39 is 35.3 Å². The van der Waals surface area contributed by atoms with Crippen molar-refractivity contribution >= 4 is 29.5 Å². The molecule has 0 saturated carbocycles. The van der Waals surface area contributed by atoms with Gasteiger partial charge < -0.3 is 50.2 Å². The molecular weight excluding hydrogens is 564 g/mol. The molecule has 0 aromatic carbocycles. The number of carbonyl (C=O) groups is 2. The molecule has 0 aliphatic carbocycles. The van der Waals surface area contributed by atoms with Crippen molar-refractivity contribution in [1.29, 1.82) is 0 Å². The number of esters is 2. The fourth-order valence-electron chi connectivity index (χ4n) is 2.92. The molecule has 15 heteroatoms. The van der Waals surface area contributed by atoms with Gasteiger partial charge in [-0.3, -0.25) is 0 Å². The zero-order chi connectivity index (χ0) is 30.9. The Labute approximate surface area is 241 Å². The van der Waals surface area contributed by atoms with Crippen LogP contribution in [0.3, 0.4) is 0 Å². The van der Waals surface area contributed by atoms with Crippen molar-refractivity contribution in [2.24, 2.45) is 0 Å². The molecule has 0 aliphatic rings. The molecule has 0 aromatic rings. The van der Waals surface area contributed by atoms with Crippen molar-refractivity contribution in [3.05, 3.63) is 24.8 Å². The molecule has 0 rings (SSSR count). The lowest BCUT2D eigenvalue weighted by atomic mass is 10.4. The van der Waals surface area contributed by atoms with Crippen LogP contribution in [0.4, 0.5) is 0 Å². The van der Waals surface area contributed by atoms with Crippen LogP contribution in [0.2, 0.25) is 6.04 Å². The molecule has 0 aliphatic heterocycles. The minimum Gasteiger partial charge on any atom is -0.463 e. The molecule has 0 saturated heterocycles. The summed E-state index contributed by atoms with van der Waals surface area (Å²) in [5, 5.41) is 0. The maximum absolute atomic E-state index is 12.0. The minimum atomic E-state index is -3.37. The van der Waals surface area contributed by atoms with Crippen LogP contribution in [0.5, 0.6) is 0 Å². The summed E-state index contributed by atoms with van der Waals surface area (Å²) in [4.78, 5) is 22.7. The first-order valence-corrected chi connectivity index (χ1v) is 16.5. The molecule has 0 N–H and O–H groups in total. The van der Waals surface area contributed by atoms with Gasteiger partial charge in [-0.25, -0.2) is 9.59 Å². The molecule has 0 aromatic heterocycles. The van der Waals surface area contributed by atoms with Gasteiger partial charge in [-0.2, -0.15) is 0 Å². The normalized spacial score (nSPS) is 12.2. The van der Waals surface area contributed by atoms with E-state index in [2.05, 4.69) is 13.2 Å². The zero-order valence-corrected chi connectivity index (χ0v) is 27.4. The van der Waals surface area contributed by atoms with Crippen molar-refractivity contribution in [3.63, 3.8) is 0 Å². The van der Waals surface area contributed by atoms with E-state index in [-0.39, 0.29) is 19.8 Å². The highest BCUT2D eigenvalue weighted by Gasteiger charge is 2.52. The Bertz CT molecular complexity index is 655. The van der Waals surface area contributed by atoms with Crippen LogP contribution in [-0.2, 0) is 59.8 Å². The average Bonchev–Trinajstić information content (AvgIpc) is 2.96. The molecule has 40 heavy (non-hydrogen) atoms. The van der Waals surface area contributed by atoms with Gasteiger partial charge in [0, 0.05) is 60.4 Å². The predicted molar refractivity (Wildman–Crippen MR) is 152 cm³/mol. The van der Waals surface area contributed by atoms with Crippen molar-refractivity contribution < 1.29 is 59.8 Å². The second kappa shape index (κ2) is 25.2. The first-order chi connectivity index (χ1) is 19.1. The third-order valence-corrected chi connectivity index (χ3v) is 11.1. The fourth-order valence-corrected chi connectivity index (χ4v) is 7.27. The van der Waals surface area contributed by atoms with Crippen LogP contribution < -0.4 is 0 Å². The lowest BCUT2D eigenvalue weighted by Crippen LogP contribution is -2.59. The molecule has 236 valence electrons. The molecule has 1 atom stereocenters. The summed E-state index contributed by atoms with van der Waals surface area (Å²) in [5.41, 5.74) is -0.366. The second-order valence-electron chi connectivity index (χ2n) is 7.98. The second-order valence-corrected chi connectivity index (χ2v) is 13.8. The first-order valence-electron chi connectivity index (χ1n) is 12.8. The van der Waals surface area contributed by atoms with Crippen molar-refractivity contribution in [3.8, 4) is 0 Å². The zero-order valence-electron chi connectivity index (χ0n) is 25.4. The summed E-state index contributed by atoms with van der Waals surface area (Å²) < 4.78 is 58.9. The molecule has 0 spiro atoms. The summed E-state index contributed by atoms with van der Waals surface area (Å²) in [6, 6.07) is 0.612. The quantitative estimate of drug-likeness (QED) is 0.0682. The lowest BCUT2D eigenvalue weighted by Gasteiger charge is -2.34. The number of methoxy groups -OCH3 is 3. The average molecular weight is 615 g/mol. The van der Waals surface area contributed by atoms with Crippen LogP contribution in [0, 0.1) is 0 Å². The maximum atomic E-state index is 12.0. The highest BCUT2D eigenvalue weighted by molar-refractivity contribution is 6.62. The van der Waals surface area contributed by atoms with Gasteiger partial charge in [0.15, 0.2) is 5.73 Å². The third-order valence-electron chi connectivity index (χ3n) is 5.11. The molecule has 0 amide bonds. The molecule has 0 heterocycles. The van der Waals surface area contributed by atoms with Gasteiger partial charge in [0.1, 0.15) is 0 Å². The summed E-state index contributed by atoms with van der Waals surface area (Å²) in [6.07, 6.45) is 2.24. The maximum Gasteiger partial charge on any atom is 0.544 e. The van der Waals surface area contributed by atoms with E-state index in [4.69, 9.17) is 50.2 Å². The molecule has 0 fully saturated rings. The van der Waals surface area contributed by atoms with Crippen molar-refractivity contribution in [2.75, 3.05) is 88.9 Å². The van der Waals surface area contributed by atoms with Gasteiger partial charge in [-0.15, -0.1) is 0 Å². The van der Waals surface area contributed by atoms with E-state index in [0.717, 1.165) is 6.08 Å². The monoisotopic (exact) mass is 614 g/mol. The van der Waals surface area contributed by atoms with Crippen LogP contribution in [0.1, 0.15) is 26.7 Å². The van der Waals surface area contributed by atoms with Crippen LogP contribution in [0.15, 0.2) is 24.8 Å². The summed E-state index contributed by atoms with van der Waals surface area (Å²) in [7, 11) is 3.48. The van der Waals surface area contributed by atoms with Gasteiger partial charge in [0.05, 0.1) is 46.2 Å². The SMILES string of the molecule is C=C(C)C(=O)OC(CC)[Si](OCCOC)(OCCOC)OCCOC.C=CC(=O)OCCC[Si](OC)(OC)OC. The molecular formula is C25H50O13Si2. The molecule has 0 bridgehead atoms. The topological polar surface area (TPSA) is 136 Å². The van der Waals surface area contributed by atoms with E-state index in [1.165, 1.54) is 0 Å². The molecule has 1 unspecified atom stereocenters. The van der Waals surface area contributed by atoms with Gasteiger partial charge in [0.25, 0.3) is 0 Å². The lowest BCUT2D eigenvalue weighted by molar-refractivity contribution is -0.145. The highest BCUT2D eigenvalue weighted by atomic mass is 28.4. The smallest absolute Gasteiger partial charge is 0.463 e. The standard InChI is InChI=1S/C16H32O8Si.C9H18O5Si/c1-7-15(24-16(17)14(2)3)25(21-11-8-18-4,22-12-9-19-5)23-13-10-20-6;1-5-9(10)14-7-6-8-15(11-2,12-3)13-4/h15H,2,7-13H2,1,3-6H3;5H,1,6-8H2,2-4H3. The van der Waals surface area contributed by atoms with E-state index in [1.54, 1.807) is 49.6 Å². The molecule has 0 radical (unpaired) electrons. The highest BCUT2D eigenvalue weighted by Crippen LogP contribution is 2.22. The number of carbonyl (C=O) groups excluding carboxylic acids is 2. The summed E-state index contributed by atoms with van der Waals surface area (Å²) >= 11 is 0. The Morgan fingerprint density at radius 2 is 1.23 bits per heavy atom. The van der Waals surface area contributed by atoms with Crippen molar-refractivity contribution in [1.82, 2.24) is 0 Å². The van der Waals surface area contributed by atoms with E-state index in [0.29, 0.717) is 50.9 Å². The van der Waals surface area contributed by atoms with Crippen LogP contribution >= 0.6 is 0 Å². The fraction of sp³-hybridized carbons (Fsp3) is 0.760. The van der Waals surface area contributed by atoms with Gasteiger partial charge in [-0.1, -0.05) is 20.1 Å². The number of rotatable bonds is 24. The number of hydrogen-bond donors (Lipinski definition) is 0. The Hall–Kier alpha value is -1.51. The Kier molecular flexibility index (Phi) is 25.6. The Morgan fingerprint density at radius 1 is 0.775 bits per heavy atom.